The molecule has 0 bridgehead atoms. The summed E-state index contributed by atoms with van der Waals surface area (Å²) in [4.78, 5) is 25.1. The van der Waals surface area contributed by atoms with Crippen LogP contribution in [0, 0.1) is 0 Å². The highest BCUT2D eigenvalue weighted by molar-refractivity contribution is 6.05. The maximum Gasteiger partial charge on any atom is 0.245 e. The van der Waals surface area contributed by atoms with Crippen molar-refractivity contribution in [3.63, 3.8) is 0 Å². The molecule has 6 aromatic rings. The summed E-state index contributed by atoms with van der Waals surface area (Å²) in [6, 6.07) is 21.5. The fourth-order valence-electron chi connectivity index (χ4n) is 4.42. The molecule has 2 N–H and O–H groups in total. The van der Waals surface area contributed by atoms with Gasteiger partial charge in [0.2, 0.25) is 5.91 Å². The molecule has 7 heteroatoms. The maximum absolute atomic E-state index is 13.0. The van der Waals surface area contributed by atoms with Crippen molar-refractivity contribution in [3.05, 3.63) is 85.3 Å². The molecule has 0 saturated heterocycles. The fraction of sp³-hybridized carbons (Fsp3) is 0.0741. The minimum Gasteiger partial charge on any atom is -0.497 e. The van der Waals surface area contributed by atoms with Gasteiger partial charge in [-0.25, -0.2) is 9.97 Å². The summed E-state index contributed by atoms with van der Waals surface area (Å²) in [6.07, 6.45) is 5.68. The summed E-state index contributed by atoms with van der Waals surface area (Å²) >= 11 is 0. The summed E-state index contributed by atoms with van der Waals surface area (Å²) in [5, 5.41) is 5.99. The molecule has 34 heavy (non-hydrogen) atoms. The highest BCUT2D eigenvalue weighted by Crippen LogP contribution is 2.36. The number of aromatic nitrogens is 4. The molecule has 0 fully saturated rings. The Morgan fingerprint density at radius 2 is 1.94 bits per heavy atom. The van der Waals surface area contributed by atoms with E-state index in [4.69, 9.17) is 4.74 Å². The average molecular weight is 447 g/mol. The number of hydrogen-bond acceptors (Lipinski definition) is 4. The summed E-state index contributed by atoms with van der Waals surface area (Å²) in [5.74, 6) is 1.14. The zero-order chi connectivity index (χ0) is 23.1. The quantitative estimate of drug-likeness (QED) is 0.372. The van der Waals surface area contributed by atoms with E-state index in [2.05, 4.69) is 20.3 Å². The molecule has 4 aromatic heterocycles. The number of rotatable bonds is 5. The lowest BCUT2D eigenvalue weighted by molar-refractivity contribution is -0.116. The third-order valence-corrected chi connectivity index (χ3v) is 6.02. The van der Waals surface area contributed by atoms with E-state index in [0.717, 1.165) is 49.7 Å². The Labute approximate surface area is 195 Å². The van der Waals surface area contributed by atoms with Crippen molar-refractivity contribution in [2.75, 3.05) is 12.4 Å². The first-order chi connectivity index (χ1) is 16.7. The molecule has 0 unspecified atom stereocenters. The monoisotopic (exact) mass is 447 g/mol. The van der Waals surface area contributed by atoms with Gasteiger partial charge in [0.25, 0.3) is 0 Å². The van der Waals surface area contributed by atoms with E-state index >= 15 is 0 Å². The highest BCUT2D eigenvalue weighted by Gasteiger charge is 2.16. The third kappa shape index (κ3) is 3.44. The molecule has 7 nitrogen and oxygen atoms in total. The van der Waals surface area contributed by atoms with Gasteiger partial charge in [0.05, 0.1) is 12.6 Å². The van der Waals surface area contributed by atoms with Crippen LogP contribution in [-0.4, -0.2) is 32.5 Å². The molecule has 0 aliphatic heterocycles. The Morgan fingerprint density at radius 3 is 2.85 bits per heavy atom. The number of para-hydroxylation sites is 1. The van der Waals surface area contributed by atoms with Crippen molar-refractivity contribution in [2.24, 2.45) is 0 Å². The number of nitrogens with zero attached hydrogens (tertiary/aromatic N) is 3. The number of carbonyl (C=O) groups is 1. The number of methoxy groups -OCH3 is 1. The van der Waals surface area contributed by atoms with Crippen molar-refractivity contribution < 1.29 is 9.53 Å². The van der Waals surface area contributed by atoms with Gasteiger partial charge in [-0.05, 0) is 54.1 Å². The fourth-order valence-corrected chi connectivity index (χ4v) is 4.42. The van der Waals surface area contributed by atoms with E-state index in [1.807, 2.05) is 83.7 Å². The Morgan fingerprint density at radius 1 is 1.03 bits per heavy atom. The van der Waals surface area contributed by atoms with Crippen LogP contribution in [0.1, 0.15) is 0 Å². The number of amides is 1. The zero-order valence-electron chi connectivity index (χ0n) is 18.4. The van der Waals surface area contributed by atoms with Gasteiger partial charge < -0.3 is 19.6 Å². The Balaban J connectivity index is 1.38. The molecule has 0 radical (unpaired) electrons. The summed E-state index contributed by atoms with van der Waals surface area (Å²) in [5.41, 5.74) is 4.66. The van der Waals surface area contributed by atoms with Crippen molar-refractivity contribution in [1.29, 1.82) is 0 Å². The second kappa shape index (κ2) is 8.04. The number of nitrogens with one attached hydrogen (secondary N) is 2. The number of hydrogen-bond donors (Lipinski definition) is 2. The average Bonchev–Trinajstić information content (AvgIpc) is 3.48. The molecule has 166 valence electrons. The second-order valence-electron chi connectivity index (χ2n) is 8.09. The van der Waals surface area contributed by atoms with Gasteiger partial charge in [-0.15, -0.1) is 0 Å². The summed E-state index contributed by atoms with van der Waals surface area (Å²) < 4.78 is 7.43. The van der Waals surface area contributed by atoms with Crippen LogP contribution < -0.4 is 10.1 Å². The van der Waals surface area contributed by atoms with Crippen LogP contribution in [0.25, 0.3) is 44.0 Å². The molecular formula is C27H21N5O2. The first-order valence-corrected chi connectivity index (χ1v) is 10.9. The van der Waals surface area contributed by atoms with E-state index in [1.165, 1.54) is 0 Å². The van der Waals surface area contributed by atoms with Crippen LogP contribution in [0.4, 0.5) is 5.82 Å². The lowest BCUT2D eigenvalue weighted by Gasteiger charge is -2.08. The molecule has 0 saturated carbocycles. The number of ether oxygens (including phenoxy) is 1. The molecule has 1 amide bonds. The number of pyridine rings is 2. The summed E-state index contributed by atoms with van der Waals surface area (Å²) in [6.45, 7) is 0.151. The van der Waals surface area contributed by atoms with Gasteiger partial charge in [0.15, 0.2) is 0 Å². The number of anilines is 1. The first-order valence-electron chi connectivity index (χ1n) is 10.9. The zero-order valence-corrected chi connectivity index (χ0v) is 18.4. The SMILES string of the molecule is COc1ccc2c(c1)c(-c1ccnc3[nH]ccc13)cn2CC(=O)Nc1ccc2ccccc2n1. The van der Waals surface area contributed by atoms with Gasteiger partial charge in [-0.2, -0.15) is 0 Å². The number of H-pyrrole nitrogens is 1. The minimum absolute atomic E-state index is 0.149. The second-order valence-corrected chi connectivity index (χ2v) is 8.09. The number of fused-ring (bicyclic) bond motifs is 3. The number of benzene rings is 2. The van der Waals surface area contributed by atoms with E-state index in [9.17, 15) is 4.79 Å². The van der Waals surface area contributed by atoms with E-state index < -0.39 is 0 Å². The Hall–Kier alpha value is -4.65. The minimum atomic E-state index is -0.149. The van der Waals surface area contributed by atoms with E-state index in [-0.39, 0.29) is 12.5 Å². The predicted molar refractivity (Wildman–Crippen MR) is 134 cm³/mol. The number of aromatic amines is 1. The largest absolute Gasteiger partial charge is 0.497 e. The first kappa shape index (κ1) is 20.0. The number of carbonyl (C=O) groups excluding carboxylic acids is 1. The molecule has 0 aliphatic rings. The van der Waals surface area contributed by atoms with E-state index in [1.54, 1.807) is 13.3 Å². The van der Waals surface area contributed by atoms with Crippen LogP contribution in [0.15, 0.2) is 85.3 Å². The van der Waals surface area contributed by atoms with Gasteiger partial charge in [0.1, 0.15) is 23.8 Å². The Bertz CT molecular complexity index is 1680. The molecular weight excluding hydrogens is 426 g/mol. The van der Waals surface area contributed by atoms with Crippen LogP contribution in [0.2, 0.25) is 0 Å². The summed E-state index contributed by atoms with van der Waals surface area (Å²) in [7, 11) is 1.65. The molecule has 4 heterocycles. The lowest BCUT2D eigenvalue weighted by atomic mass is 10.0. The molecule has 2 aromatic carbocycles. The van der Waals surface area contributed by atoms with Crippen LogP contribution >= 0.6 is 0 Å². The van der Waals surface area contributed by atoms with Crippen LogP contribution in [-0.2, 0) is 11.3 Å². The normalized spacial score (nSPS) is 11.3. The molecule has 6 rings (SSSR count). The van der Waals surface area contributed by atoms with Crippen molar-refractivity contribution in [3.8, 4) is 16.9 Å². The Kier molecular flexibility index (Phi) is 4.73. The molecule has 0 atom stereocenters. The van der Waals surface area contributed by atoms with Crippen LogP contribution in [0.5, 0.6) is 5.75 Å². The molecule has 0 spiro atoms. The van der Waals surface area contributed by atoms with E-state index in [0.29, 0.717) is 5.82 Å². The highest BCUT2D eigenvalue weighted by atomic mass is 16.5. The van der Waals surface area contributed by atoms with Crippen molar-refractivity contribution >= 4 is 44.6 Å². The topological polar surface area (TPSA) is 84.8 Å². The van der Waals surface area contributed by atoms with Crippen molar-refractivity contribution in [1.82, 2.24) is 19.5 Å². The molecule has 0 aliphatic carbocycles. The lowest BCUT2D eigenvalue weighted by Crippen LogP contribution is -2.18. The van der Waals surface area contributed by atoms with Crippen molar-refractivity contribution in [2.45, 2.75) is 6.54 Å². The van der Waals surface area contributed by atoms with Gasteiger partial charge in [-0.1, -0.05) is 18.2 Å². The van der Waals surface area contributed by atoms with Gasteiger partial charge >= 0.3 is 0 Å². The maximum atomic E-state index is 13.0. The van der Waals surface area contributed by atoms with Gasteiger partial charge in [-0.3, -0.25) is 4.79 Å². The third-order valence-electron chi connectivity index (χ3n) is 6.02. The predicted octanol–water partition coefficient (Wildman–Crippen LogP) is 5.38. The standard InChI is InChI=1S/C27H21N5O2/c1-34-18-7-8-24-21(14-18)22(19-10-12-28-27-20(19)11-13-29-27)15-32(24)16-26(33)31-25-9-6-17-4-2-3-5-23(17)30-25/h2-15H,16H2,1H3,(H,28,29)(H,30,31,33). The van der Waals surface area contributed by atoms with Gasteiger partial charge in [0, 0.05) is 45.8 Å². The smallest absolute Gasteiger partial charge is 0.245 e. The van der Waals surface area contributed by atoms with Crippen LogP contribution in [0.3, 0.4) is 0 Å².